The van der Waals surface area contributed by atoms with Crippen LogP contribution in [-0.4, -0.2) is 11.9 Å². The summed E-state index contributed by atoms with van der Waals surface area (Å²) in [5.74, 6) is 0.215. The third-order valence-electron chi connectivity index (χ3n) is 2.18. The molecule has 0 fully saturated rings. The summed E-state index contributed by atoms with van der Waals surface area (Å²) in [5.41, 5.74) is 0.143. The Morgan fingerprint density at radius 3 is 1.83 bits per heavy atom. The number of hydrogen-bond acceptors (Lipinski definition) is 1. The highest BCUT2D eigenvalue weighted by Crippen LogP contribution is 2.18. The van der Waals surface area contributed by atoms with Crippen LogP contribution in [0.5, 0.6) is 0 Å². The van der Waals surface area contributed by atoms with Crippen LogP contribution < -0.4 is 5.32 Å². The van der Waals surface area contributed by atoms with E-state index in [9.17, 15) is 4.79 Å². The first-order chi connectivity index (χ1) is 5.25. The van der Waals surface area contributed by atoms with E-state index < -0.39 is 0 Å². The lowest BCUT2D eigenvalue weighted by Crippen LogP contribution is -2.43. The minimum atomic E-state index is 0.0785. The van der Waals surface area contributed by atoms with Gasteiger partial charge in [-0.05, 0) is 12.3 Å². The molecule has 0 radical (unpaired) electrons. The number of rotatable bonds is 2. The molecule has 12 heavy (non-hydrogen) atoms. The van der Waals surface area contributed by atoms with Crippen molar-refractivity contribution in [1.82, 2.24) is 5.32 Å². The van der Waals surface area contributed by atoms with Gasteiger partial charge in [-0.25, -0.2) is 0 Å². The van der Waals surface area contributed by atoms with E-state index in [-0.39, 0.29) is 23.3 Å². The summed E-state index contributed by atoms with van der Waals surface area (Å²) < 4.78 is 0. The average molecular weight is 171 g/mol. The van der Waals surface area contributed by atoms with E-state index in [1.165, 1.54) is 0 Å². The molecule has 0 heterocycles. The molecule has 0 spiro atoms. The molecule has 0 aliphatic rings. The van der Waals surface area contributed by atoms with Crippen LogP contribution >= 0.6 is 0 Å². The molecule has 0 unspecified atom stereocenters. The quantitative estimate of drug-likeness (QED) is 0.678. The third-order valence-corrected chi connectivity index (χ3v) is 2.18. The zero-order valence-electron chi connectivity index (χ0n) is 9.06. The Morgan fingerprint density at radius 1 is 1.17 bits per heavy atom. The molecule has 0 aromatic carbocycles. The molecule has 0 aliphatic carbocycles. The van der Waals surface area contributed by atoms with Crippen molar-refractivity contribution in [2.45, 2.75) is 47.6 Å². The Balaban J connectivity index is 4.02. The Morgan fingerprint density at radius 2 is 1.58 bits per heavy atom. The molecule has 0 bridgehead atoms. The van der Waals surface area contributed by atoms with Gasteiger partial charge in [-0.15, -0.1) is 0 Å². The standard InChI is InChI=1S/C10H21NO/c1-7(2)9(12)11-8(3)10(4,5)6/h7-8H,1-6H3,(H,11,12)/t8-/m0/s1. The van der Waals surface area contributed by atoms with Gasteiger partial charge in [0.25, 0.3) is 0 Å². The van der Waals surface area contributed by atoms with Gasteiger partial charge in [-0.3, -0.25) is 4.79 Å². The maximum Gasteiger partial charge on any atom is 0.222 e. The average Bonchev–Trinajstić information content (AvgIpc) is 1.85. The molecule has 0 aromatic heterocycles. The first-order valence-corrected chi connectivity index (χ1v) is 4.55. The van der Waals surface area contributed by atoms with E-state index >= 15 is 0 Å². The third kappa shape index (κ3) is 3.74. The van der Waals surface area contributed by atoms with Crippen LogP contribution in [0.25, 0.3) is 0 Å². The molecular formula is C10H21NO. The van der Waals surface area contributed by atoms with Crippen molar-refractivity contribution in [2.75, 3.05) is 0 Å². The highest BCUT2D eigenvalue weighted by atomic mass is 16.1. The van der Waals surface area contributed by atoms with E-state index in [4.69, 9.17) is 0 Å². The summed E-state index contributed by atoms with van der Waals surface area (Å²) >= 11 is 0. The molecule has 72 valence electrons. The second-order valence-corrected chi connectivity index (χ2v) is 4.75. The summed E-state index contributed by atoms with van der Waals surface area (Å²) in [6.07, 6.45) is 0. The predicted molar refractivity (Wildman–Crippen MR) is 51.9 cm³/mol. The molecular weight excluding hydrogens is 150 g/mol. The fourth-order valence-corrected chi connectivity index (χ4v) is 0.597. The van der Waals surface area contributed by atoms with Crippen LogP contribution in [0.15, 0.2) is 0 Å². The van der Waals surface area contributed by atoms with Crippen LogP contribution in [0.1, 0.15) is 41.5 Å². The van der Waals surface area contributed by atoms with Crippen molar-refractivity contribution >= 4 is 5.91 Å². The molecule has 0 saturated heterocycles. The highest BCUT2D eigenvalue weighted by molar-refractivity contribution is 5.78. The van der Waals surface area contributed by atoms with E-state index in [0.29, 0.717) is 0 Å². The van der Waals surface area contributed by atoms with Crippen molar-refractivity contribution in [3.05, 3.63) is 0 Å². The van der Waals surface area contributed by atoms with E-state index in [0.717, 1.165) is 0 Å². The molecule has 0 saturated carbocycles. The molecule has 0 rings (SSSR count). The van der Waals surface area contributed by atoms with Gasteiger partial charge < -0.3 is 5.32 Å². The summed E-state index contributed by atoms with van der Waals surface area (Å²) in [6.45, 7) is 12.2. The summed E-state index contributed by atoms with van der Waals surface area (Å²) in [4.78, 5) is 11.3. The SMILES string of the molecule is CC(C)C(=O)N[C@@H](C)C(C)(C)C. The lowest BCUT2D eigenvalue weighted by Gasteiger charge is -2.28. The normalized spacial score (nSPS) is 14.6. The van der Waals surface area contributed by atoms with Gasteiger partial charge in [-0.2, -0.15) is 0 Å². The van der Waals surface area contributed by atoms with Crippen molar-refractivity contribution in [3.8, 4) is 0 Å². The van der Waals surface area contributed by atoms with Crippen LogP contribution in [0, 0.1) is 11.3 Å². The van der Waals surface area contributed by atoms with Gasteiger partial charge in [0.15, 0.2) is 0 Å². The van der Waals surface area contributed by atoms with Crippen LogP contribution in [0.3, 0.4) is 0 Å². The van der Waals surface area contributed by atoms with E-state index in [1.807, 2.05) is 20.8 Å². The monoisotopic (exact) mass is 171 g/mol. The predicted octanol–water partition coefficient (Wildman–Crippen LogP) is 2.19. The molecule has 1 amide bonds. The van der Waals surface area contributed by atoms with Gasteiger partial charge in [0.1, 0.15) is 0 Å². The van der Waals surface area contributed by atoms with Gasteiger partial charge in [0.05, 0.1) is 0 Å². The number of hydrogen-bond donors (Lipinski definition) is 1. The van der Waals surface area contributed by atoms with Gasteiger partial charge in [0, 0.05) is 12.0 Å². The van der Waals surface area contributed by atoms with Crippen LogP contribution in [0.4, 0.5) is 0 Å². The zero-order chi connectivity index (χ0) is 9.94. The molecule has 2 nitrogen and oxygen atoms in total. The topological polar surface area (TPSA) is 29.1 Å². The Kier molecular flexibility index (Phi) is 3.75. The Bertz CT molecular complexity index is 156. The fourth-order valence-electron chi connectivity index (χ4n) is 0.597. The van der Waals surface area contributed by atoms with Crippen LogP contribution in [-0.2, 0) is 4.79 Å². The molecule has 2 heteroatoms. The first kappa shape index (κ1) is 11.5. The van der Waals surface area contributed by atoms with E-state index in [1.54, 1.807) is 0 Å². The molecule has 0 aliphatic heterocycles. The fraction of sp³-hybridized carbons (Fsp3) is 0.900. The van der Waals surface area contributed by atoms with Crippen molar-refractivity contribution in [1.29, 1.82) is 0 Å². The molecule has 1 N–H and O–H groups in total. The van der Waals surface area contributed by atoms with Crippen molar-refractivity contribution in [3.63, 3.8) is 0 Å². The van der Waals surface area contributed by atoms with Gasteiger partial charge in [0.2, 0.25) is 5.91 Å². The smallest absolute Gasteiger partial charge is 0.222 e. The largest absolute Gasteiger partial charge is 0.353 e. The summed E-state index contributed by atoms with van der Waals surface area (Å²) in [5, 5.41) is 2.98. The Hall–Kier alpha value is -0.530. The number of carbonyl (C=O) groups is 1. The summed E-state index contributed by atoms with van der Waals surface area (Å²) in [6, 6.07) is 0.229. The molecule has 0 aromatic rings. The summed E-state index contributed by atoms with van der Waals surface area (Å²) in [7, 11) is 0. The first-order valence-electron chi connectivity index (χ1n) is 4.55. The minimum absolute atomic E-state index is 0.0785. The maximum absolute atomic E-state index is 11.3. The zero-order valence-corrected chi connectivity index (χ0v) is 9.06. The number of carbonyl (C=O) groups excluding carboxylic acids is 1. The van der Waals surface area contributed by atoms with E-state index in [2.05, 4.69) is 26.1 Å². The van der Waals surface area contributed by atoms with Gasteiger partial charge in [-0.1, -0.05) is 34.6 Å². The Labute approximate surface area is 75.7 Å². The lowest BCUT2D eigenvalue weighted by atomic mass is 9.88. The minimum Gasteiger partial charge on any atom is -0.353 e. The van der Waals surface area contributed by atoms with Crippen molar-refractivity contribution < 1.29 is 4.79 Å². The number of amides is 1. The molecule has 1 atom stereocenters. The second kappa shape index (κ2) is 3.92. The van der Waals surface area contributed by atoms with Gasteiger partial charge >= 0.3 is 0 Å². The number of nitrogens with one attached hydrogen (secondary N) is 1. The highest BCUT2D eigenvalue weighted by Gasteiger charge is 2.22. The van der Waals surface area contributed by atoms with Crippen LogP contribution in [0.2, 0.25) is 0 Å². The van der Waals surface area contributed by atoms with Crippen molar-refractivity contribution in [2.24, 2.45) is 11.3 Å². The second-order valence-electron chi connectivity index (χ2n) is 4.75. The lowest BCUT2D eigenvalue weighted by molar-refractivity contribution is -0.125. The maximum atomic E-state index is 11.3.